The van der Waals surface area contributed by atoms with E-state index in [1.807, 2.05) is 24.3 Å². The van der Waals surface area contributed by atoms with Crippen LogP contribution >= 0.6 is 0 Å². The molecule has 6 heteroatoms. The summed E-state index contributed by atoms with van der Waals surface area (Å²) < 4.78 is 13.1. The number of hydrogen-bond donors (Lipinski definition) is 2. The molecule has 1 saturated carbocycles. The molecule has 0 atom stereocenters. The second kappa shape index (κ2) is 9.03. The molecule has 0 unspecified atom stereocenters. The Kier molecular flexibility index (Phi) is 6.02. The smallest absolute Gasteiger partial charge is 0.229 e. The molecule has 0 spiro atoms. The van der Waals surface area contributed by atoms with E-state index in [0.29, 0.717) is 17.4 Å². The van der Waals surface area contributed by atoms with E-state index in [-0.39, 0.29) is 18.1 Å². The molecule has 30 heavy (non-hydrogen) atoms. The van der Waals surface area contributed by atoms with Crippen molar-refractivity contribution in [2.75, 3.05) is 11.1 Å². The molecule has 1 aliphatic carbocycles. The summed E-state index contributed by atoms with van der Waals surface area (Å²) in [6.45, 7) is 0. The summed E-state index contributed by atoms with van der Waals surface area (Å²) >= 11 is 0. The van der Waals surface area contributed by atoms with Crippen molar-refractivity contribution in [3.8, 4) is 11.3 Å². The highest BCUT2D eigenvalue weighted by Crippen LogP contribution is 2.30. The van der Waals surface area contributed by atoms with Crippen molar-refractivity contribution in [2.24, 2.45) is 5.92 Å². The minimum atomic E-state index is -0.317. The lowest BCUT2D eigenvalue weighted by Crippen LogP contribution is -2.18. The topological polar surface area (TPSA) is 80.9 Å². The highest BCUT2D eigenvalue weighted by atomic mass is 19.1. The van der Waals surface area contributed by atoms with Crippen LogP contribution < -0.4 is 11.1 Å². The van der Waals surface area contributed by atoms with Gasteiger partial charge in [0.25, 0.3) is 0 Å². The van der Waals surface area contributed by atoms with Crippen LogP contribution in [0, 0.1) is 11.7 Å². The van der Waals surface area contributed by atoms with Crippen LogP contribution in [0.25, 0.3) is 11.3 Å². The number of hydrogen-bond acceptors (Lipinski definition) is 4. The summed E-state index contributed by atoms with van der Waals surface area (Å²) in [5, 5.41) is 2.91. The molecule has 0 aliphatic heterocycles. The van der Waals surface area contributed by atoms with Gasteiger partial charge >= 0.3 is 0 Å². The van der Waals surface area contributed by atoms with E-state index in [9.17, 15) is 9.18 Å². The average molecular weight is 404 g/mol. The lowest BCUT2D eigenvalue weighted by molar-refractivity contribution is -0.115. The van der Waals surface area contributed by atoms with Gasteiger partial charge in [0.1, 0.15) is 5.82 Å². The van der Waals surface area contributed by atoms with Gasteiger partial charge in [-0.05, 0) is 42.2 Å². The summed E-state index contributed by atoms with van der Waals surface area (Å²) in [4.78, 5) is 21.9. The first-order valence-electron chi connectivity index (χ1n) is 10.3. The fraction of sp³-hybridized carbons (Fsp3) is 0.292. The van der Waals surface area contributed by atoms with E-state index < -0.39 is 0 Å². The molecule has 1 heterocycles. The zero-order valence-corrected chi connectivity index (χ0v) is 16.8. The first-order valence-corrected chi connectivity index (χ1v) is 10.3. The largest absolute Gasteiger partial charge is 0.399 e. The zero-order valence-electron chi connectivity index (χ0n) is 16.8. The molecule has 154 valence electrons. The first kappa shape index (κ1) is 20.0. The van der Waals surface area contributed by atoms with Crippen molar-refractivity contribution in [2.45, 2.75) is 38.5 Å². The van der Waals surface area contributed by atoms with Crippen molar-refractivity contribution in [1.82, 2.24) is 9.97 Å². The SMILES string of the molecule is Nc1ccc(-c2cnc(NC(=O)Cc3ccc(F)cc3)c(CC3CCCC3)n2)cc1. The fourth-order valence-corrected chi connectivity index (χ4v) is 3.92. The molecule has 0 bridgehead atoms. The molecule has 1 amide bonds. The van der Waals surface area contributed by atoms with Crippen LogP contribution in [0.5, 0.6) is 0 Å². The molecule has 0 saturated heterocycles. The van der Waals surface area contributed by atoms with E-state index in [1.165, 1.54) is 37.8 Å². The summed E-state index contributed by atoms with van der Waals surface area (Å²) in [5.41, 5.74) is 9.75. The molecule has 5 nitrogen and oxygen atoms in total. The molecule has 3 N–H and O–H groups in total. The lowest BCUT2D eigenvalue weighted by Gasteiger charge is -2.14. The van der Waals surface area contributed by atoms with Gasteiger partial charge in [-0.1, -0.05) is 49.9 Å². The van der Waals surface area contributed by atoms with Gasteiger partial charge in [-0.15, -0.1) is 0 Å². The summed E-state index contributed by atoms with van der Waals surface area (Å²) in [5.74, 6) is 0.563. The molecule has 4 rings (SSSR count). The maximum absolute atomic E-state index is 13.1. The predicted octanol–water partition coefficient (Wildman–Crippen LogP) is 4.78. The number of nitrogens with one attached hydrogen (secondary N) is 1. The quantitative estimate of drug-likeness (QED) is 0.580. The maximum atomic E-state index is 13.1. The van der Waals surface area contributed by atoms with Gasteiger partial charge in [0.05, 0.1) is 24.0 Å². The van der Waals surface area contributed by atoms with Crippen molar-refractivity contribution in [1.29, 1.82) is 0 Å². The summed E-state index contributed by atoms with van der Waals surface area (Å²) in [7, 11) is 0. The molecular weight excluding hydrogens is 379 g/mol. The Morgan fingerprint density at radius 2 is 1.77 bits per heavy atom. The summed E-state index contributed by atoms with van der Waals surface area (Å²) in [6.07, 6.45) is 7.46. The number of rotatable bonds is 6. The molecular formula is C24H25FN4O. The number of nitrogens with two attached hydrogens (primary N) is 1. The van der Waals surface area contributed by atoms with Crippen LogP contribution in [0.3, 0.4) is 0 Å². The zero-order chi connectivity index (χ0) is 20.9. The van der Waals surface area contributed by atoms with E-state index >= 15 is 0 Å². The van der Waals surface area contributed by atoms with Gasteiger partial charge in [0.2, 0.25) is 5.91 Å². The highest BCUT2D eigenvalue weighted by Gasteiger charge is 2.20. The Balaban J connectivity index is 1.56. The molecule has 1 fully saturated rings. The minimum Gasteiger partial charge on any atom is -0.399 e. The number of nitrogens with zero attached hydrogens (tertiary/aromatic N) is 2. The number of nitrogen functional groups attached to an aromatic ring is 1. The first-order chi connectivity index (χ1) is 14.6. The lowest BCUT2D eigenvalue weighted by atomic mass is 10.0. The van der Waals surface area contributed by atoms with Crippen molar-refractivity contribution in [3.05, 3.63) is 71.8 Å². The van der Waals surface area contributed by atoms with Gasteiger partial charge < -0.3 is 11.1 Å². The van der Waals surface area contributed by atoms with Crippen molar-refractivity contribution >= 4 is 17.4 Å². The van der Waals surface area contributed by atoms with Crippen molar-refractivity contribution in [3.63, 3.8) is 0 Å². The highest BCUT2D eigenvalue weighted by molar-refractivity contribution is 5.92. The summed E-state index contributed by atoms with van der Waals surface area (Å²) in [6, 6.07) is 13.5. The second-order valence-corrected chi connectivity index (χ2v) is 7.88. The molecule has 3 aromatic rings. The van der Waals surface area contributed by atoms with Gasteiger partial charge in [0, 0.05) is 11.3 Å². The van der Waals surface area contributed by atoms with Gasteiger partial charge in [-0.3, -0.25) is 4.79 Å². The molecule has 1 aliphatic rings. The van der Waals surface area contributed by atoms with Crippen molar-refractivity contribution < 1.29 is 9.18 Å². The number of halogens is 1. The Hall–Kier alpha value is -3.28. The number of benzene rings is 2. The second-order valence-electron chi connectivity index (χ2n) is 7.88. The van der Waals surface area contributed by atoms with Crippen LogP contribution in [0.2, 0.25) is 0 Å². The Labute approximate surface area is 175 Å². The van der Waals surface area contributed by atoms with Crippen LogP contribution in [0.1, 0.15) is 36.9 Å². The van der Waals surface area contributed by atoms with Gasteiger partial charge in [-0.25, -0.2) is 14.4 Å². The van der Waals surface area contributed by atoms with Crippen LogP contribution in [-0.4, -0.2) is 15.9 Å². The van der Waals surface area contributed by atoms with Gasteiger partial charge in [-0.2, -0.15) is 0 Å². The maximum Gasteiger partial charge on any atom is 0.229 e. The minimum absolute atomic E-state index is 0.157. The number of carbonyl (C=O) groups excluding carboxylic acids is 1. The standard InChI is InChI=1S/C24H25FN4O/c25-19-9-5-17(6-10-19)14-23(30)29-24-21(13-16-3-1-2-4-16)28-22(15-27-24)18-7-11-20(26)12-8-18/h5-12,15-16H,1-4,13-14,26H2,(H,27,29,30). The third-order valence-corrected chi connectivity index (χ3v) is 5.54. The average Bonchev–Trinajstić information content (AvgIpc) is 3.25. The normalized spacial score (nSPS) is 14.0. The predicted molar refractivity (Wildman–Crippen MR) is 116 cm³/mol. The number of anilines is 2. The number of carbonyl (C=O) groups is 1. The Morgan fingerprint density at radius 3 is 2.47 bits per heavy atom. The van der Waals surface area contributed by atoms with Crippen LogP contribution in [-0.2, 0) is 17.6 Å². The number of aromatic nitrogens is 2. The molecule has 0 radical (unpaired) electrons. The van der Waals surface area contributed by atoms with Crippen LogP contribution in [0.4, 0.5) is 15.9 Å². The molecule has 2 aromatic carbocycles. The monoisotopic (exact) mass is 404 g/mol. The fourth-order valence-electron chi connectivity index (χ4n) is 3.92. The third kappa shape index (κ3) is 5.00. The van der Waals surface area contributed by atoms with E-state index in [4.69, 9.17) is 10.7 Å². The van der Waals surface area contributed by atoms with Crippen LogP contribution in [0.15, 0.2) is 54.7 Å². The van der Waals surface area contributed by atoms with E-state index in [2.05, 4.69) is 10.3 Å². The van der Waals surface area contributed by atoms with E-state index in [0.717, 1.165) is 28.9 Å². The Bertz CT molecular complexity index is 1010. The van der Waals surface area contributed by atoms with Gasteiger partial charge in [0.15, 0.2) is 5.82 Å². The third-order valence-electron chi connectivity index (χ3n) is 5.54. The Morgan fingerprint density at radius 1 is 1.07 bits per heavy atom. The number of amides is 1. The van der Waals surface area contributed by atoms with E-state index in [1.54, 1.807) is 18.3 Å². The molecule has 1 aromatic heterocycles.